The molecule has 98 valence electrons. The van der Waals surface area contributed by atoms with Crippen LogP contribution in [-0.2, 0) is 9.53 Å². The number of allylic oxidation sites excluding steroid dienone is 2. The largest absolute Gasteiger partial charge is 0.426 e. The number of ether oxygens (including phenoxy) is 1. The summed E-state index contributed by atoms with van der Waals surface area (Å²) in [6, 6.07) is 0. The SMILES string of the molecule is CC1=C2C[C@@]3(C)C(C=CC[C@@H]3C)C[C@@]2(O)OC1=O. The highest BCUT2D eigenvalue weighted by molar-refractivity contribution is 5.92. The van der Waals surface area contributed by atoms with Gasteiger partial charge in [0.25, 0.3) is 0 Å². The maximum absolute atomic E-state index is 11.7. The van der Waals surface area contributed by atoms with E-state index in [9.17, 15) is 9.90 Å². The van der Waals surface area contributed by atoms with Gasteiger partial charge in [-0.2, -0.15) is 0 Å². The van der Waals surface area contributed by atoms with Gasteiger partial charge >= 0.3 is 5.97 Å². The zero-order chi connectivity index (χ0) is 13.1. The van der Waals surface area contributed by atoms with Crippen LogP contribution in [-0.4, -0.2) is 16.9 Å². The van der Waals surface area contributed by atoms with E-state index in [1.165, 1.54) is 0 Å². The zero-order valence-electron chi connectivity index (χ0n) is 11.2. The van der Waals surface area contributed by atoms with Gasteiger partial charge in [0.1, 0.15) is 0 Å². The van der Waals surface area contributed by atoms with Gasteiger partial charge in [-0.15, -0.1) is 0 Å². The summed E-state index contributed by atoms with van der Waals surface area (Å²) in [7, 11) is 0. The molecule has 2 aliphatic carbocycles. The van der Waals surface area contributed by atoms with Crippen LogP contribution in [0.5, 0.6) is 0 Å². The molecule has 0 radical (unpaired) electrons. The van der Waals surface area contributed by atoms with Gasteiger partial charge in [-0.05, 0) is 37.0 Å². The number of esters is 1. The number of carbonyl (C=O) groups is 1. The van der Waals surface area contributed by atoms with E-state index in [1.807, 2.05) is 0 Å². The van der Waals surface area contributed by atoms with Gasteiger partial charge in [-0.1, -0.05) is 26.0 Å². The summed E-state index contributed by atoms with van der Waals surface area (Å²) in [6.45, 7) is 6.30. The molecule has 4 atom stereocenters. The fourth-order valence-corrected chi connectivity index (χ4v) is 3.73. The van der Waals surface area contributed by atoms with Crippen LogP contribution in [0.1, 0.15) is 40.0 Å². The molecule has 0 aromatic heterocycles. The molecule has 0 bridgehead atoms. The first-order valence-electron chi connectivity index (χ1n) is 6.69. The van der Waals surface area contributed by atoms with Crippen LogP contribution in [0.25, 0.3) is 0 Å². The molecule has 3 nitrogen and oxygen atoms in total. The van der Waals surface area contributed by atoms with Gasteiger partial charge in [0, 0.05) is 17.6 Å². The standard InChI is InChI=1S/C15H20O3/c1-9-5-4-6-11-7-15(17)12(8-14(9,11)3)10(2)13(16)18-15/h4,6,9,11,17H,5,7-8H2,1-3H3/t9-,11?,14+,15+/m0/s1. The molecule has 0 spiro atoms. The molecule has 3 rings (SSSR count). The summed E-state index contributed by atoms with van der Waals surface area (Å²) in [5.74, 6) is -0.847. The van der Waals surface area contributed by atoms with Crippen molar-refractivity contribution in [1.29, 1.82) is 0 Å². The Morgan fingerprint density at radius 1 is 1.50 bits per heavy atom. The molecule has 0 aromatic carbocycles. The Balaban J connectivity index is 2.06. The van der Waals surface area contributed by atoms with Crippen LogP contribution in [0.3, 0.4) is 0 Å². The highest BCUT2D eigenvalue weighted by Crippen LogP contribution is 2.57. The van der Waals surface area contributed by atoms with Gasteiger partial charge in [0.2, 0.25) is 5.79 Å². The highest BCUT2D eigenvalue weighted by atomic mass is 16.7. The van der Waals surface area contributed by atoms with Gasteiger partial charge in [0.15, 0.2) is 0 Å². The second kappa shape index (κ2) is 3.47. The molecule has 0 saturated heterocycles. The molecular weight excluding hydrogens is 228 g/mol. The first kappa shape index (κ1) is 12.0. The third kappa shape index (κ3) is 1.37. The fourth-order valence-electron chi connectivity index (χ4n) is 3.73. The first-order valence-corrected chi connectivity index (χ1v) is 6.69. The highest BCUT2D eigenvalue weighted by Gasteiger charge is 2.56. The molecule has 1 aliphatic heterocycles. The van der Waals surface area contributed by atoms with Crippen molar-refractivity contribution in [2.45, 2.75) is 45.8 Å². The van der Waals surface area contributed by atoms with E-state index in [1.54, 1.807) is 6.92 Å². The van der Waals surface area contributed by atoms with Crippen LogP contribution >= 0.6 is 0 Å². The Kier molecular flexibility index (Phi) is 2.31. The maximum Gasteiger partial charge on any atom is 0.336 e. The minimum absolute atomic E-state index is 0.131. The second-order valence-electron chi connectivity index (χ2n) is 6.34. The average molecular weight is 248 g/mol. The lowest BCUT2D eigenvalue weighted by molar-refractivity contribution is -0.198. The van der Waals surface area contributed by atoms with Crippen molar-refractivity contribution >= 4 is 5.97 Å². The summed E-state index contributed by atoms with van der Waals surface area (Å²) in [6.07, 6.45) is 6.72. The van der Waals surface area contributed by atoms with Crippen molar-refractivity contribution in [1.82, 2.24) is 0 Å². The van der Waals surface area contributed by atoms with Crippen molar-refractivity contribution in [3.63, 3.8) is 0 Å². The molecule has 1 fully saturated rings. The summed E-state index contributed by atoms with van der Waals surface area (Å²) in [5.41, 5.74) is 1.55. The minimum atomic E-state index is -1.34. The lowest BCUT2D eigenvalue weighted by Gasteiger charge is -2.50. The Morgan fingerprint density at radius 3 is 2.94 bits per heavy atom. The predicted molar refractivity (Wildman–Crippen MR) is 67.5 cm³/mol. The fraction of sp³-hybridized carbons (Fsp3) is 0.667. The quantitative estimate of drug-likeness (QED) is 0.529. The second-order valence-corrected chi connectivity index (χ2v) is 6.34. The van der Waals surface area contributed by atoms with Crippen molar-refractivity contribution < 1.29 is 14.6 Å². The van der Waals surface area contributed by atoms with E-state index in [-0.39, 0.29) is 17.3 Å². The molecule has 3 aliphatic rings. The lowest BCUT2D eigenvalue weighted by atomic mass is 9.56. The molecule has 18 heavy (non-hydrogen) atoms. The molecule has 0 aromatic rings. The lowest BCUT2D eigenvalue weighted by Crippen LogP contribution is -2.48. The maximum atomic E-state index is 11.7. The Bertz CT molecular complexity index is 476. The number of fused-ring (bicyclic) bond motifs is 2. The topological polar surface area (TPSA) is 46.5 Å². The molecule has 1 saturated carbocycles. The van der Waals surface area contributed by atoms with Crippen LogP contribution < -0.4 is 0 Å². The first-order chi connectivity index (χ1) is 8.37. The summed E-state index contributed by atoms with van der Waals surface area (Å²) >= 11 is 0. The monoisotopic (exact) mass is 248 g/mol. The number of aliphatic hydroxyl groups is 1. The van der Waals surface area contributed by atoms with Crippen molar-refractivity contribution in [2.24, 2.45) is 17.3 Å². The van der Waals surface area contributed by atoms with Crippen molar-refractivity contribution in [3.05, 3.63) is 23.3 Å². The molecule has 0 amide bonds. The molecule has 1 N–H and O–H groups in total. The van der Waals surface area contributed by atoms with Gasteiger partial charge < -0.3 is 9.84 Å². The van der Waals surface area contributed by atoms with E-state index in [0.717, 1.165) is 18.4 Å². The Hall–Kier alpha value is -1.09. The number of carbonyl (C=O) groups excluding carboxylic acids is 1. The van der Waals surface area contributed by atoms with Gasteiger partial charge in [-0.25, -0.2) is 4.79 Å². The molecule has 3 heteroatoms. The number of hydrogen-bond donors (Lipinski definition) is 1. The normalized spacial score (nSPS) is 46.8. The summed E-state index contributed by atoms with van der Waals surface area (Å²) in [5, 5.41) is 10.6. The zero-order valence-corrected chi connectivity index (χ0v) is 11.2. The van der Waals surface area contributed by atoms with Crippen molar-refractivity contribution in [3.8, 4) is 0 Å². The molecule has 1 unspecified atom stereocenters. The van der Waals surface area contributed by atoms with E-state index in [2.05, 4.69) is 26.0 Å². The number of rotatable bonds is 0. The van der Waals surface area contributed by atoms with Crippen LogP contribution in [0.4, 0.5) is 0 Å². The molecule has 1 heterocycles. The Morgan fingerprint density at radius 2 is 2.22 bits per heavy atom. The van der Waals surface area contributed by atoms with Gasteiger partial charge in [0.05, 0.1) is 0 Å². The average Bonchev–Trinajstić information content (AvgIpc) is 2.50. The number of hydrogen-bond acceptors (Lipinski definition) is 3. The smallest absolute Gasteiger partial charge is 0.336 e. The Labute approximate surface area is 108 Å². The third-order valence-electron chi connectivity index (χ3n) is 5.38. The van der Waals surface area contributed by atoms with E-state index in [0.29, 0.717) is 17.9 Å². The molecular formula is C15H20O3. The minimum Gasteiger partial charge on any atom is -0.426 e. The predicted octanol–water partition coefficient (Wildman–Crippen LogP) is 2.56. The summed E-state index contributed by atoms with van der Waals surface area (Å²) < 4.78 is 5.20. The van der Waals surface area contributed by atoms with Crippen LogP contribution in [0.15, 0.2) is 23.3 Å². The van der Waals surface area contributed by atoms with Crippen LogP contribution in [0.2, 0.25) is 0 Å². The van der Waals surface area contributed by atoms with Crippen molar-refractivity contribution in [2.75, 3.05) is 0 Å². The third-order valence-corrected chi connectivity index (χ3v) is 5.38. The van der Waals surface area contributed by atoms with E-state index < -0.39 is 5.79 Å². The van der Waals surface area contributed by atoms with E-state index in [4.69, 9.17) is 4.74 Å². The summed E-state index contributed by atoms with van der Waals surface area (Å²) in [4.78, 5) is 11.7. The van der Waals surface area contributed by atoms with E-state index >= 15 is 0 Å². The van der Waals surface area contributed by atoms with Crippen LogP contribution in [0, 0.1) is 17.3 Å². The van der Waals surface area contributed by atoms with Gasteiger partial charge in [-0.3, -0.25) is 0 Å².